The summed E-state index contributed by atoms with van der Waals surface area (Å²) in [6.07, 6.45) is 0. The van der Waals surface area contributed by atoms with Crippen LogP contribution in [-0.2, 0) is 0 Å². The summed E-state index contributed by atoms with van der Waals surface area (Å²) in [7, 11) is 1.66. The summed E-state index contributed by atoms with van der Waals surface area (Å²) in [6.45, 7) is 11.7. The number of aromatic amines is 1. The van der Waals surface area contributed by atoms with E-state index >= 15 is 0 Å². The molecule has 0 unspecified atom stereocenters. The molecule has 0 bridgehead atoms. The van der Waals surface area contributed by atoms with Crippen molar-refractivity contribution in [2.24, 2.45) is 10.7 Å². The van der Waals surface area contributed by atoms with Crippen LogP contribution in [0.3, 0.4) is 0 Å². The van der Waals surface area contributed by atoms with Gasteiger partial charge in [0.25, 0.3) is 0 Å². The van der Waals surface area contributed by atoms with Gasteiger partial charge in [-0.15, -0.1) is 0 Å². The minimum atomic E-state index is 0.0950. The van der Waals surface area contributed by atoms with Gasteiger partial charge in [-0.05, 0) is 59.2 Å². The molecule has 0 saturated carbocycles. The second kappa shape index (κ2) is 10.2. The average molecular weight is 524 g/mol. The summed E-state index contributed by atoms with van der Waals surface area (Å²) >= 11 is 0. The van der Waals surface area contributed by atoms with Gasteiger partial charge in [0.05, 0.1) is 40.9 Å². The maximum Gasteiger partial charge on any atom is 0.144 e. The number of aromatic nitrogens is 4. The van der Waals surface area contributed by atoms with E-state index < -0.39 is 0 Å². The summed E-state index contributed by atoms with van der Waals surface area (Å²) in [5.41, 5.74) is 13.9. The molecule has 0 amide bonds. The molecule has 5 rings (SSSR count). The first-order valence-electron chi connectivity index (χ1n) is 12.9. The molecule has 3 aromatic heterocycles. The van der Waals surface area contributed by atoms with Gasteiger partial charge in [-0.25, -0.2) is 9.97 Å². The van der Waals surface area contributed by atoms with Crippen molar-refractivity contribution in [1.29, 1.82) is 0 Å². The van der Waals surface area contributed by atoms with Crippen LogP contribution in [-0.4, -0.2) is 39.0 Å². The zero-order valence-corrected chi connectivity index (χ0v) is 23.3. The molecule has 0 radical (unpaired) electrons. The summed E-state index contributed by atoms with van der Waals surface area (Å²) in [5, 5.41) is 9.40. The molecule has 200 valence electrons. The smallest absolute Gasteiger partial charge is 0.144 e. The molecule has 0 saturated heterocycles. The van der Waals surface area contributed by atoms with Gasteiger partial charge in [-0.1, -0.05) is 35.5 Å². The number of allylic oxidation sites excluding steroid dienone is 1. The van der Waals surface area contributed by atoms with Crippen LogP contribution in [0.25, 0.3) is 38.8 Å². The van der Waals surface area contributed by atoms with Crippen molar-refractivity contribution < 1.29 is 9.26 Å². The molecular weight excluding hydrogens is 490 g/mol. The molecule has 2 aromatic carbocycles. The Morgan fingerprint density at radius 2 is 1.85 bits per heavy atom. The van der Waals surface area contributed by atoms with Crippen molar-refractivity contribution in [3.63, 3.8) is 0 Å². The highest BCUT2D eigenvalue weighted by atomic mass is 16.5. The van der Waals surface area contributed by atoms with Gasteiger partial charge in [0.2, 0.25) is 0 Å². The summed E-state index contributed by atoms with van der Waals surface area (Å²) in [4.78, 5) is 17.8. The number of ether oxygens (including phenoxy) is 1. The second-order valence-electron chi connectivity index (χ2n) is 9.85. The van der Waals surface area contributed by atoms with Gasteiger partial charge in [0.1, 0.15) is 28.8 Å². The fourth-order valence-corrected chi connectivity index (χ4v) is 4.94. The second-order valence-corrected chi connectivity index (χ2v) is 9.85. The van der Waals surface area contributed by atoms with Crippen LogP contribution in [0.4, 0.5) is 5.82 Å². The fraction of sp³-hybridized carbons (Fsp3) is 0.267. The van der Waals surface area contributed by atoms with Crippen molar-refractivity contribution in [1.82, 2.24) is 20.1 Å². The van der Waals surface area contributed by atoms with Gasteiger partial charge in [-0.2, -0.15) is 0 Å². The Labute approximate surface area is 227 Å². The van der Waals surface area contributed by atoms with Crippen LogP contribution in [0.15, 0.2) is 57.7 Å². The number of fused-ring (bicyclic) bond motifs is 3. The summed E-state index contributed by atoms with van der Waals surface area (Å²) < 4.78 is 11.3. The summed E-state index contributed by atoms with van der Waals surface area (Å²) in [6, 6.07) is 14.0. The van der Waals surface area contributed by atoms with E-state index in [-0.39, 0.29) is 6.04 Å². The monoisotopic (exact) mass is 523 g/mol. The maximum absolute atomic E-state index is 6.73. The average Bonchev–Trinajstić information content (AvgIpc) is 3.43. The van der Waals surface area contributed by atoms with Crippen LogP contribution in [0.1, 0.15) is 43.6 Å². The zero-order valence-electron chi connectivity index (χ0n) is 23.3. The first kappa shape index (κ1) is 26.0. The quantitative estimate of drug-likeness (QED) is 0.213. The number of benzene rings is 2. The zero-order chi connectivity index (χ0) is 27.8. The minimum Gasteiger partial charge on any atom is -0.496 e. The van der Waals surface area contributed by atoms with Crippen LogP contribution >= 0.6 is 0 Å². The van der Waals surface area contributed by atoms with E-state index in [1.807, 2.05) is 84.0 Å². The molecule has 0 spiro atoms. The first-order valence-corrected chi connectivity index (χ1v) is 12.9. The third kappa shape index (κ3) is 4.83. The first-order chi connectivity index (χ1) is 18.7. The molecular formula is C30H33N7O2. The number of aliphatic imine (C=N–C) groups is 1. The Morgan fingerprint density at radius 1 is 1.10 bits per heavy atom. The Kier molecular flexibility index (Phi) is 6.82. The maximum atomic E-state index is 6.73. The lowest BCUT2D eigenvalue weighted by Crippen LogP contribution is -2.18. The van der Waals surface area contributed by atoms with Gasteiger partial charge in [-0.3, -0.25) is 4.99 Å². The lowest BCUT2D eigenvalue weighted by atomic mass is 10.0. The SMILES string of the molecule is COc1cc2c(cc1-c1c(C)noc1C)[nH]c1nc(C)nc(NC(C(C)=NC(C)C)=C(N)c3ccccc3)c12. The Morgan fingerprint density at radius 3 is 2.49 bits per heavy atom. The van der Waals surface area contributed by atoms with Gasteiger partial charge in [0.15, 0.2) is 0 Å². The Hall–Kier alpha value is -4.66. The number of rotatable bonds is 7. The third-order valence-corrected chi connectivity index (χ3v) is 6.60. The number of nitrogens with zero attached hydrogens (tertiary/aromatic N) is 4. The molecule has 0 fully saturated rings. The highest BCUT2D eigenvalue weighted by Gasteiger charge is 2.22. The Bertz CT molecular complexity index is 1720. The molecule has 9 nitrogen and oxygen atoms in total. The van der Waals surface area contributed by atoms with Crippen molar-refractivity contribution in [3.05, 3.63) is 71.0 Å². The number of hydrogen-bond acceptors (Lipinski definition) is 8. The van der Waals surface area contributed by atoms with E-state index in [9.17, 15) is 0 Å². The van der Waals surface area contributed by atoms with Gasteiger partial charge < -0.3 is 25.3 Å². The molecule has 9 heteroatoms. The molecule has 0 aliphatic carbocycles. The predicted molar refractivity (Wildman–Crippen MR) is 157 cm³/mol. The third-order valence-electron chi connectivity index (χ3n) is 6.60. The molecule has 0 aliphatic rings. The highest BCUT2D eigenvalue weighted by molar-refractivity contribution is 6.15. The lowest BCUT2D eigenvalue weighted by molar-refractivity contribution is 0.393. The lowest BCUT2D eigenvalue weighted by Gasteiger charge is -2.16. The van der Waals surface area contributed by atoms with Crippen LogP contribution in [0.2, 0.25) is 0 Å². The Balaban J connectivity index is 1.75. The normalized spacial score (nSPS) is 12.9. The van der Waals surface area contributed by atoms with Crippen molar-refractivity contribution in [2.75, 3.05) is 12.4 Å². The largest absolute Gasteiger partial charge is 0.496 e. The molecule has 5 aromatic rings. The van der Waals surface area contributed by atoms with Crippen LogP contribution in [0.5, 0.6) is 5.75 Å². The van der Waals surface area contributed by atoms with E-state index in [1.54, 1.807) is 7.11 Å². The number of aryl methyl sites for hydroxylation is 3. The number of H-pyrrole nitrogens is 1. The van der Waals surface area contributed by atoms with Crippen molar-refractivity contribution >= 4 is 39.2 Å². The van der Waals surface area contributed by atoms with E-state index in [0.29, 0.717) is 34.4 Å². The highest BCUT2D eigenvalue weighted by Crippen LogP contribution is 2.40. The number of nitrogens with two attached hydrogens (primary N) is 1. The molecule has 0 aliphatic heterocycles. The van der Waals surface area contributed by atoms with Crippen LogP contribution in [0, 0.1) is 20.8 Å². The van der Waals surface area contributed by atoms with Gasteiger partial charge in [0, 0.05) is 22.5 Å². The number of hydrogen-bond donors (Lipinski definition) is 3. The van der Waals surface area contributed by atoms with E-state index in [4.69, 9.17) is 30.0 Å². The number of nitrogens with one attached hydrogen (secondary N) is 2. The topological polar surface area (TPSA) is 127 Å². The molecule has 39 heavy (non-hydrogen) atoms. The van der Waals surface area contributed by atoms with Gasteiger partial charge >= 0.3 is 0 Å². The predicted octanol–water partition coefficient (Wildman–Crippen LogP) is 6.31. The fourth-order valence-electron chi connectivity index (χ4n) is 4.94. The minimum absolute atomic E-state index is 0.0950. The molecule has 3 heterocycles. The number of anilines is 1. The van der Waals surface area contributed by atoms with E-state index in [0.717, 1.165) is 50.1 Å². The van der Waals surface area contributed by atoms with E-state index in [1.165, 1.54) is 0 Å². The van der Waals surface area contributed by atoms with Crippen molar-refractivity contribution in [3.8, 4) is 16.9 Å². The van der Waals surface area contributed by atoms with Crippen molar-refractivity contribution in [2.45, 2.75) is 47.6 Å². The van der Waals surface area contributed by atoms with Crippen LogP contribution < -0.4 is 15.8 Å². The standard InChI is InChI=1S/C30H33N7O2/c1-15(2)32-17(4)28(27(31)20-11-9-8-10-12-20)36-30-26-21-14-24(38-7)22(25-16(3)37-39-18(25)5)13-23(21)35-29(26)33-19(6)34-30/h8-15H,31H2,1-7H3,(H2,33,34,35,36). The molecule has 0 atom stereocenters. The number of methoxy groups -OCH3 is 1. The van der Waals surface area contributed by atoms with E-state index in [2.05, 4.69) is 15.5 Å². The molecule has 4 N–H and O–H groups in total. The summed E-state index contributed by atoms with van der Waals surface area (Å²) in [5.74, 6) is 2.67.